The summed E-state index contributed by atoms with van der Waals surface area (Å²) in [7, 11) is 0. The minimum atomic E-state index is -1.31. The first-order chi connectivity index (χ1) is 15.5. The van der Waals surface area contributed by atoms with E-state index in [9.17, 15) is 20.1 Å². The van der Waals surface area contributed by atoms with Gasteiger partial charge in [0.2, 0.25) is 0 Å². The first-order valence-electron chi connectivity index (χ1n) is 13.8. The van der Waals surface area contributed by atoms with Crippen molar-refractivity contribution in [3.05, 3.63) is 11.6 Å². The average Bonchev–Trinajstić information content (AvgIpc) is 3.01. The maximum absolute atomic E-state index is 12.8. The van der Waals surface area contributed by atoms with E-state index in [4.69, 9.17) is 0 Å². The van der Waals surface area contributed by atoms with Gasteiger partial charge in [0.15, 0.2) is 0 Å². The molecule has 194 valence electrons. The van der Waals surface area contributed by atoms with Gasteiger partial charge in [0, 0.05) is 11.8 Å². The van der Waals surface area contributed by atoms with E-state index in [1.807, 2.05) is 0 Å². The van der Waals surface area contributed by atoms with Crippen molar-refractivity contribution in [1.29, 1.82) is 0 Å². The molecule has 3 fully saturated rings. The Morgan fingerprint density at radius 3 is 2.32 bits per heavy atom. The van der Waals surface area contributed by atoms with Crippen molar-refractivity contribution in [2.45, 2.75) is 125 Å². The average molecular weight is 475 g/mol. The van der Waals surface area contributed by atoms with Crippen LogP contribution in [-0.4, -0.2) is 38.9 Å². The molecule has 4 aliphatic carbocycles. The number of carbonyl (C=O) groups is 1. The molecule has 4 heteroatoms. The maximum atomic E-state index is 12.8. The number of aliphatic hydroxyl groups excluding tert-OH is 2. The molecule has 0 radical (unpaired) electrons. The summed E-state index contributed by atoms with van der Waals surface area (Å²) in [5.41, 5.74) is 0.630. The lowest BCUT2D eigenvalue weighted by Gasteiger charge is -2.63. The highest BCUT2D eigenvalue weighted by Crippen LogP contribution is 2.73. The van der Waals surface area contributed by atoms with Crippen LogP contribution < -0.4 is 0 Å². The summed E-state index contributed by atoms with van der Waals surface area (Å²) in [6.45, 7) is 17.2. The molecule has 0 saturated heterocycles. The molecule has 0 aromatic rings. The number of hydrogen-bond acceptors (Lipinski definition) is 4. The van der Waals surface area contributed by atoms with Gasteiger partial charge in [0.05, 0.1) is 11.7 Å². The van der Waals surface area contributed by atoms with Gasteiger partial charge in [-0.05, 0) is 98.7 Å². The van der Waals surface area contributed by atoms with Crippen LogP contribution in [0.15, 0.2) is 11.6 Å². The molecule has 34 heavy (non-hydrogen) atoms. The molecule has 0 bridgehead atoms. The van der Waals surface area contributed by atoms with Crippen LogP contribution in [0.1, 0.15) is 107 Å². The van der Waals surface area contributed by atoms with Crippen LogP contribution in [0.25, 0.3) is 0 Å². The summed E-state index contributed by atoms with van der Waals surface area (Å²) in [5.74, 6) is 2.19. The number of hydrogen-bond donors (Lipinski definition) is 3. The van der Waals surface area contributed by atoms with Gasteiger partial charge in [-0.15, -0.1) is 0 Å². The van der Waals surface area contributed by atoms with Crippen molar-refractivity contribution in [1.82, 2.24) is 0 Å². The molecule has 3 saturated carbocycles. The van der Waals surface area contributed by atoms with Crippen molar-refractivity contribution < 1.29 is 20.1 Å². The summed E-state index contributed by atoms with van der Waals surface area (Å²) in [5, 5.41) is 31.3. The summed E-state index contributed by atoms with van der Waals surface area (Å²) in [6.07, 6.45) is 8.46. The minimum Gasteiger partial charge on any atom is -0.390 e. The lowest BCUT2D eigenvalue weighted by Crippen LogP contribution is -2.57. The molecule has 0 spiro atoms. The fraction of sp³-hybridized carbons (Fsp3) is 0.900. The van der Waals surface area contributed by atoms with E-state index in [1.54, 1.807) is 19.4 Å². The number of ketones is 1. The molecule has 0 heterocycles. The Hall–Kier alpha value is -0.710. The molecular weight excluding hydrogens is 424 g/mol. The highest BCUT2D eigenvalue weighted by atomic mass is 16.4. The SMILES string of the molecule is CC(C[C@@H](O)[C@H](O)C(C)(C)O)[C@@H]1CC[C@]2(C)C3=CC[C@H]4C(C)(C)C(=O)CC[C@]4(C)C3CC[C@@]12C. The molecule has 0 aromatic carbocycles. The molecule has 4 rings (SSSR count). The van der Waals surface area contributed by atoms with Crippen LogP contribution >= 0.6 is 0 Å². The van der Waals surface area contributed by atoms with E-state index in [1.165, 1.54) is 19.3 Å². The van der Waals surface area contributed by atoms with Crippen LogP contribution in [0.2, 0.25) is 0 Å². The molecule has 3 N–H and O–H groups in total. The molecule has 4 nitrogen and oxygen atoms in total. The van der Waals surface area contributed by atoms with Crippen LogP contribution in [0.3, 0.4) is 0 Å². The highest BCUT2D eigenvalue weighted by Gasteiger charge is 2.65. The second kappa shape index (κ2) is 8.15. The largest absolute Gasteiger partial charge is 0.390 e. The second-order valence-corrected chi connectivity index (χ2v) is 14.5. The normalized spacial score (nSPS) is 44.4. The van der Waals surface area contributed by atoms with E-state index in [0.717, 1.165) is 25.7 Å². The van der Waals surface area contributed by atoms with Gasteiger partial charge in [-0.1, -0.05) is 53.2 Å². The van der Waals surface area contributed by atoms with Crippen LogP contribution in [0.5, 0.6) is 0 Å². The zero-order valence-corrected chi connectivity index (χ0v) is 22.9. The summed E-state index contributed by atoms with van der Waals surface area (Å²) in [6, 6.07) is 0. The van der Waals surface area contributed by atoms with Gasteiger partial charge in [0.25, 0.3) is 0 Å². The monoisotopic (exact) mass is 474 g/mol. The Morgan fingerprint density at radius 1 is 1.06 bits per heavy atom. The number of carbonyl (C=O) groups excluding carboxylic acids is 1. The third-order valence-corrected chi connectivity index (χ3v) is 12.0. The van der Waals surface area contributed by atoms with Gasteiger partial charge < -0.3 is 15.3 Å². The predicted molar refractivity (Wildman–Crippen MR) is 136 cm³/mol. The minimum absolute atomic E-state index is 0.147. The number of aliphatic hydroxyl groups is 3. The summed E-state index contributed by atoms with van der Waals surface area (Å²) < 4.78 is 0. The zero-order chi connectivity index (χ0) is 25.5. The first-order valence-corrected chi connectivity index (χ1v) is 13.8. The maximum Gasteiger partial charge on any atom is 0.138 e. The van der Waals surface area contributed by atoms with Crippen molar-refractivity contribution >= 4 is 5.78 Å². The van der Waals surface area contributed by atoms with Crippen molar-refractivity contribution in [2.24, 2.45) is 45.3 Å². The summed E-state index contributed by atoms with van der Waals surface area (Å²) >= 11 is 0. The first kappa shape index (κ1) is 26.4. The van der Waals surface area contributed by atoms with Crippen molar-refractivity contribution in [3.63, 3.8) is 0 Å². The highest BCUT2D eigenvalue weighted by molar-refractivity contribution is 5.85. The Bertz CT molecular complexity index is 852. The van der Waals surface area contributed by atoms with E-state index in [0.29, 0.717) is 30.0 Å². The van der Waals surface area contributed by atoms with Crippen LogP contribution in [0, 0.1) is 45.3 Å². The van der Waals surface area contributed by atoms with Gasteiger partial charge in [-0.25, -0.2) is 0 Å². The van der Waals surface area contributed by atoms with Gasteiger partial charge in [0.1, 0.15) is 11.9 Å². The molecule has 9 atom stereocenters. The fourth-order valence-electron chi connectivity index (χ4n) is 9.61. The zero-order valence-electron chi connectivity index (χ0n) is 22.9. The van der Waals surface area contributed by atoms with Crippen LogP contribution in [0.4, 0.5) is 0 Å². The second-order valence-electron chi connectivity index (χ2n) is 14.5. The number of allylic oxidation sites excluding steroid dienone is 2. The number of fused-ring (bicyclic) bond motifs is 5. The number of Topliss-reactive ketones (excluding diaryl/α,β-unsaturated/α-hetero) is 1. The van der Waals surface area contributed by atoms with Crippen molar-refractivity contribution in [2.75, 3.05) is 0 Å². The predicted octanol–water partition coefficient (Wildman–Crippen LogP) is 5.68. The Balaban J connectivity index is 1.60. The Morgan fingerprint density at radius 2 is 1.71 bits per heavy atom. The Kier molecular flexibility index (Phi) is 6.32. The summed E-state index contributed by atoms with van der Waals surface area (Å²) in [4.78, 5) is 12.8. The van der Waals surface area contributed by atoms with Gasteiger partial charge >= 0.3 is 0 Å². The molecule has 0 amide bonds. The molecule has 4 aliphatic rings. The van der Waals surface area contributed by atoms with E-state index >= 15 is 0 Å². The molecule has 0 aliphatic heterocycles. The quantitative estimate of drug-likeness (QED) is 0.448. The van der Waals surface area contributed by atoms with E-state index in [2.05, 4.69) is 47.6 Å². The van der Waals surface area contributed by atoms with Crippen LogP contribution in [-0.2, 0) is 4.79 Å². The third kappa shape index (κ3) is 3.60. The Labute approximate surface area is 207 Å². The molecule has 2 unspecified atom stereocenters. The van der Waals surface area contributed by atoms with E-state index < -0.39 is 17.8 Å². The topological polar surface area (TPSA) is 77.8 Å². The lowest BCUT2D eigenvalue weighted by molar-refractivity contribution is -0.146. The van der Waals surface area contributed by atoms with Gasteiger partial charge in [-0.2, -0.15) is 0 Å². The lowest BCUT2D eigenvalue weighted by atomic mass is 9.41. The standard InChI is InChI=1S/C30H50O4/c1-18(17-22(31)25(33)27(4,5)34)19-11-15-30(8)21-9-10-23-26(2,3)24(32)13-14-28(23,6)20(21)12-16-29(19,30)7/h9,18-20,22-23,25,31,33-34H,10-17H2,1-8H3/t18?,19-,20?,22+,23-,25-,28+,29-,30+/m0/s1. The third-order valence-electron chi connectivity index (χ3n) is 12.0. The van der Waals surface area contributed by atoms with E-state index in [-0.39, 0.29) is 27.6 Å². The molecule has 0 aromatic heterocycles. The smallest absolute Gasteiger partial charge is 0.138 e. The fourth-order valence-corrected chi connectivity index (χ4v) is 9.61. The van der Waals surface area contributed by atoms with Crippen molar-refractivity contribution in [3.8, 4) is 0 Å². The van der Waals surface area contributed by atoms with Gasteiger partial charge in [-0.3, -0.25) is 4.79 Å². The number of rotatable bonds is 5. The molecular formula is C30H50O4.